The van der Waals surface area contributed by atoms with Gasteiger partial charge in [-0.25, -0.2) is 0 Å². The van der Waals surface area contributed by atoms with Crippen molar-refractivity contribution in [3.05, 3.63) is 71.3 Å². The number of methoxy groups -OCH3 is 2. The minimum Gasteiger partial charge on any atom is -0.493 e. The van der Waals surface area contributed by atoms with Gasteiger partial charge < -0.3 is 18.4 Å². The Morgan fingerprint density at radius 3 is 2.59 bits per heavy atom. The van der Waals surface area contributed by atoms with Crippen LogP contribution in [0, 0.1) is 6.92 Å². The molecule has 2 aromatic heterocycles. The Hall–Kier alpha value is -3.72. The Morgan fingerprint density at radius 2 is 1.84 bits per heavy atom. The maximum absolute atomic E-state index is 5.77. The standard InChI is InChI=1S/C23H23N5O4/c1-14-25-26-23(31-14)18-10-15-6-4-5-7-17(15)12-28(18)13-21-24-22(27-32-21)16-8-9-19(29-2)20(11-16)30-3/h4-9,11,18H,10,12-13H2,1-3H3. The summed E-state index contributed by atoms with van der Waals surface area (Å²) >= 11 is 0. The van der Waals surface area contributed by atoms with E-state index in [1.165, 1.54) is 11.1 Å². The third-order valence-corrected chi connectivity index (χ3v) is 5.62. The van der Waals surface area contributed by atoms with E-state index in [1.807, 2.05) is 18.2 Å². The molecule has 32 heavy (non-hydrogen) atoms. The Kier molecular flexibility index (Phi) is 5.32. The molecule has 0 saturated carbocycles. The minimum atomic E-state index is -0.0671. The quantitative estimate of drug-likeness (QED) is 0.450. The average Bonchev–Trinajstić information content (AvgIpc) is 3.47. The van der Waals surface area contributed by atoms with Crippen LogP contribution in [0.3, 0.4) is 0 Å². The van der Waals surface area contributed by atoms with Crippen molar-refractivity contribution in [2.24, 2.45) is 0 Å². The molecule has 0 spiro atoms. The third-order valence-electron chi connectivity index (χ3n) is 5.62. The van der Waals surface area contributed by atoms with E-state index in [4.69, 9.17) is 18.4 Å². The van der Waals surface area contributed by atoms with Crippen LogP contribution in [0.4, 0.5) is 0 Å². The number of nitrogens with zero attached hydrogens (tertiary/aromatic N) is 5. The van der Waals surface area contributed by atoms with Crippen molar-refractivity contribution in [2.75, 3.05) is 14.2 Å². The number of benzene rings is 2. The van der Waals surface area contributed by atoms with Gasteiger partial charge in [0.1, 0.15) is 0 Å². The SMILES string of the molecule is COc1ccc(-c2noc(CN3Cc4ccccc4CC3c3nnc(C)o3)n2)cc1OC. The summed E-state index contributed by atoms with van der Waals surface area (Å²) in [6.45, 7) is 2.97. The zero-order valence-electron chi connectivity index (χ0n) is 18.1. The van der Waals surface area contributed by atoms with Crippen LogP contribution in [0.15, 0.2) is 51.4 Å². The number of aromatic nitrogens is 4. The summed E-state index contributed by atoms with van der Waals surface area (Å²) in [5, 5.41) is 12.5. The van der Waals surface area contributed by atoms with E-state index in [9.17, 15) is 0 Å². The van der Waals surface area contributed by atoms with Crippen LogP contribution in [0.5, 0.6) is 11.5 Å². The number of fused-ring (bicyclic) bond motifs is 1. The summed E-state index contributed by atoms with van der Waals surface area (Å²) in [6.07, 6.45) is 0.772. The van der Waals surface area contributed by atoms with Crippen molar-refractivity contribution in [3.8, 4) is 22.9 Å². The molecular weight excluding hydrogens is 410 g/mol. The lowest BCUT2D eigenvalue weighted by Crippen LogP contribution is -2.34. The van der Waals surface area contributed by atoms with Crippen LogP contribution >= 0.6 is 0 Å². The summed E-state index contributed by atoms with van der Waals surface area (Å²) in [7, 11) is 3.19. The predicted octanol–water partition coefficient (Wildman–Crippen LogP) is 3.74. The first-order valence-corrected chi connectivity index (χ1v) is 10.3. The lowest BCUT2D eigenvalue weighted by molar-refractivity contribution is 0.121. The van der Waals surface area contributed by atoms with Crippen LogP contribution in [0.2, 0.25) is 0 Å². The first-order valence-electron chi connectivity index (χ1n) is 10.3. The summed E-state index contributed by atoms with van der Waals surface area (Å²) in [5.41, 5.74) is 3.33. The van der Waals surface area contributed by atoms with E-state index in [0.29, 0.717) is 41.5 Å². The fourth-order valence-corrected chi connectivity index (χ4v) is 4.02. The maximum Gasteiger partial charge on any atom is 0.241 e. The van der Waals surface area contributed by atoms with Gasteiger partial charge in [0, 0.05) is 19.0 Å². The molecule has 0 fully saturated rings. The molecule has 1 atom stereocenters. The zero-order chi connectivity index (χ0) is 22.1. The molecular formula is C23H23N5O4. The maximum atomic E-state index is 5.77. The fraction of sp³-hybridized carbons (Fsp3) is 0.304. The second-order valence-electron chi connectivity index (χ2n) is 7.63. The lowest BCUT2D eigenvalue weighted by Gasteiger charge is -2.33. The van der Waals surface area contributed by atoms with E-state index >= 15 is 0 Å². The molecule has 2 aromatic carbocycles. The largest absolute Gasteiger partial charge is 0.493 e. The highest BCUT2D eigenvalue weighted by Crippen LogP contribution is 2.34. The molecule has 0 radical (unpaired) electrons. The number of ether oxygens (including phenoxy) is 2. The number of rotatable bonds is 6. The van der Waals surface area contributed by atoms with Gasteiger partial charge in [-0.2, -0.15) is 4.98 Å². The highest BCUT2D eigenvalue weighted by atomic mass is 16.5. The van der Waals surface area contributed by atoms with Crippen LogP contribution in [-0.4, -0.2) is 39.5 Å². The molecule has 9 heteroatoms. The van der Waals surface area contributed by atoms with Gasteiger partial charge in [0.15, 0.2) is 11.5 Å². The van der Waals surface area contributed by atoms with Crippen LogP contribution in [-0.2, 0) is 19.5 Å². The normalized spacial score (nSPS) is 16.0. The van der Waals surface area contributed by atoms with Crippen LogP contribution < -0.4 is 9.47 Å². The molecule has 1 aliphatic heterocycles. The van der Waals surface area contributed by atoms with Crippen molar-refractivity contribution in [1.82, 2.24) is 25.2 Å². The number of hydrogen-bond donors (Lipinski definition) is 0. The molecule has 4 aromatic rings. The smallest absolute Gasteiger partial charge is 0.241 e. The predicted molar refractivity (Wildman–Crippen MR) is 114 cm³/mol. The monoisotopic (exact) mass is 433 g/mol. The van der Waals surface area contributed by atoms with Crippen molar-refractivity contribution < 1.29 is 18.4 Å². The third kappa shape index (κ3) is 3.82. The second kappa shape index (κ2) is 8.43. The van der Waals surface area contributed by atoms with E-state index in [1.54, 1.807) is 21.1 Å². The van der Waals surface area contributed by atoms with Gasteiger partial charge in [0.25, 0.3) is 0 Å². The van der Waals surface area contributed by atoms with Gasteiger partial charge >= 0.3 is 0 Å². The van der Waals surface area contributed by atoms with Crippen LogP contribution in [0.25, 0.3) is 11.4 Å². The Bertz CT molecular complexity index is 1230. The molecule has 0 N–H and O–H groups in total. The highest BCUT2D eigenvalue weighted by molar-refractivity contribution is 5.60. The summed E-state index contributed by atoms with van der Waals surface area (Å²) in [4.78, 5) is 6.84. The van der Waals surface area contributed by atoms with E-state index in [-0.39, 0.29) is 6.04 Å². The van der Waals surface area contributed by atoms with Crippen LogP contribution in [0.1, 0.15) is 34.8 Å². The molecule has 1 aliphatic rings. The lowest BCUT2D eigenvalue weighted by atomic mass is 9.94. The van der Waals surface area contributed by atoms with E-state index in [0.717, 1.165) is 18.5 Å². The topological polar surface area (TPSA) is 99.5 Å². The summed E-state index contributed by atoms with van der Waals surface area (Å²) in [5.74, 6) is 3.39. The molecule has 0 amide bonds. The highest BCUT2D eigenvalue weighted by Gasteiger charge is 2.32. The van der Waals surface area contributed by atoms with Crippen molar-refractivity contribution in [2.45, 2.75) is 32.5 Å². The van der Waals surface area contributed by atoms with Crippen molar-refractivity contribution >= 4 is 0 Å². The Morgan fingerprint density at radius 1 is 1.03 bits per heavy atom. The molecule has 1 unspecified atom stereocenters. The van der Waals surface area contributed by atoms with Gasteiger partial charge in [0.05, 0.1) is 26.8 Å². The molecule has 0 aliphatic carbocycles. The van der Waals surface area contributed by atoms with Crippen molar-refractivity contribution in [1.29, 1.82) is 0 Å². The molecule has 9 nitrogen and oxygen atoms in total. The molecule has 5 rings (SSSR count). The molecule has 0 saturated heterocycles. The fourth-order valence-electron chi connectivity index (χ4n) is 4.02. The average molecular weight is 433 g/mol. The minimum absolute atomic E-state index is 0.0671. The first-order chi connectivity index (χ1) is 15.6. The number of hydrogen-bond acceptors (Lipinski definition) is 9. The van der Waals surface area contributed by atoms with E-state index in [2.05, 4.69) is 49.5 Å². The molecule has 0 bridgehead atoms. The zero-order valence-corrected chi connectivity index (χ0v) is 18.1. The molecule has 3 heterocycles. The van der Waals surface area contributed by atoms with Gasteiger partial charge in [-0.1, -0.05) is 29.4 Å². The van der Waals surface area contributed by atoms with Crippen molar-refractivity contribution in [3.63, 3.8) is 0 Å². The Balaban J connectivity index is 1.42. The first kappa shape index (κ1) is 20.2. The van der Waals surface area contributed by atoms with E-state index < -0.39 is 0 Å². The number of aryl methyl sites for hydroxylation is 1. The molecule has 164 valence electrons. The summed E-state index contributed by atoms with van der Waals surface area (Å²) < 4.78 is 22.0. The van der Waals surface area contributed by atoms with Gasteiger partial charge in [0.2, 0.25) is 23.5 Å². The Labute approximate surface area is 185 Å². The van der Waals surface area contributed by atoms with Gasteiger partial charge in [-0.15, -0.1) is 10.2 Å². The van der Waals surface area contributed by atoms with Gasteiger partial charge in [-0.05, 0) is 35.7 Å². The summed E-state index contributed by atoms with van der Waals surface area (Å²) in [6, 6.07) is 13.8. The second-order valence-corrected chi connectivity index (χ2v) is 7.63. The van der Waals surface area contributed by atoms with Gasteiger partial charge in [-0.3, -0.25) is 4.90 Å².